The van der Waals surface area contributed by atoms with Gasteiger partial charge >= 0.3 is 5.97 Å². The third-order valence-electron chi connectivity index (χ3n) is 6.34. The Morgan fingerprint density at radius 2 is 1.89 bits per heavy atom. The second-order valence-corrected chi connectivity index (χ2v) is 11.5. The predicted molar refractivity (Wildman–Crippen MR) is 144 cm³/mol. The topological polar surface area (TPSA) is 78.4 Å². The summed E-state index contributed by atoms with van der Waals surface area (Å²) in [6.45, 7) is 9.59. The number of carboxylic acid groups (broad SMARTS) is 1. The zero-order valence-corrected chi connectivity index (χ0v) is 22.1. The van der Waals surface area contributed by atoms with E-state index in [1.54, 1.807) is 0 Å². The maximum absolute atomic E-state index is 11.7. The van der Waals surface area contributed by atoms with Crippen molar-refractivity contribution < 1.29 is 9.90 Å². The van der Waals surface area contributed by atoms with Gasteiger partial charge in [0.05, 0.1) is 16.1 Å². The third kappa shape index (κ3) is 5.73. The lowest BCUT2D eigenvalue weighted by Crippen LogP contribution is -2.46. The van der Waals surface area contributed by atoms with E-state index < -0.39 is 11.4 Å². The maximum atomic E-state index is 11.7. The molecule has 1 saturated heterocycles. The minimum absolute atomic E-state index is 0.0463. The summed E-state index contributed by atoms with van der Waals surface area (Å²) in [5.74, 6) is 0.710. The van der Waals surface area contributed by atoms with E-state index >= 15 is 0 Å². The van der Waals surface area contributed by atoms with Crippen LogP contribution in [-0.2, 0) is 10.2 Å². The molecule has 0 aliphatic carbocycles. The summed E-state index contributed by atoms with van der Waals surface area (Å²) in [4.78, 5) is 23.4. The van der Waals surface area contributed by atoms with Gasteiger partial charge in [0.1, 0.15) is 16.7 Å². The van der Waals surface area contributed by atoms with Gasteiger partial charge in [-0.05, 0) is 55.0 Å². The van der Waals surface area contributed by atoms with Crippen molar-refractivity contribution in [1.82, 2.24) is 9.97 Å². The molecule has 8 heteroatoms. The number of carbonyl (C=O) groups is 1. The average molecular weight is 511 g/mol. The maximum Gasteiger partial charge on any atom is 0.311 e. The normalized spacial score (nSPS) is 18.4. The van der Waals surface area contributed by atoms with E-state index in [-0.39, 0.29) is 5.41 Å². The molecule has 0 radical (unpaired) electrons. The van der Waals surface area contributed by atoms with E-state index in [1.807, 2.05) is 49.4 Å². The van der Waals surface area contributed by atoms with Crippen LogP contribution < -0.4 is 9.62 Å². The number of hydrogen-bond donors (Lipinski definition) is 2. The van der Waals surface area contributed by atoms with Crippen LogP contribution in [0.1, 0.15) is 46.1 Å². The number of carboxylic acids is 1. The standard InChI is InChI=1S/C27H31ClN4O2S/c1-26(2,3)19-10-6-5-9-18(19)24-20(28)13-14-21(29-24)31-35-23-12-7-11-22(30-23)32-16-8-15-27(4,17-32)25(33)34/h5-7,9-14H,8,15-17H2,1-4H3,(H,29,31)(H,33,34). The van der Waals surface area contributed by atoms with E-state index in [4.69, 9.17) is 21.6 Å². The minimum Gasteiger partial charge on any atom is -0.481 e. The molecular formula is C27H31ClN4O2S. The summed E-state index contributed by atoms with van der Waals surface area (Å²) in [6.07, 6.45) is 1.51. The number of anilines is 2. The first-order valence-electron chi connectivity index (χ1n) is 11.7. The highest BCUT2D eigenvalue weighted by Crippen LogP contribution is 2.37. The molecule has 1 fully saturated rings. The Bertz CT molecular complexity index is 1230. The highest BCUT2D eigenvalue weighted by Gasteiger charge is 2.38. The molecule has 2 aromatic heterocycles. The molecule has 3 heterocycles. The van der Waals surface area contributed by atoms with Crippen LogP contribution >= 0.6 is 23.5 Å². The Hall–Kier alpha value is -2.77. The van der Waals surface area contributed by atoms with Crippen molar-refractivity contribution >= 4 is 41.2 Å². The van der Waals surface area contributed by atoms with Gasteiger partial charge in [0.25, 0.3) is 0 Å². The summed E-state index contributed by atoms with van der Waals surface area (Å²) in [7, 11) is 0. The van der Waals surface area contributed by atoms with Gasteiger partial charge in [-0.15, -0.1) is 0 Å². The summed E-state index contributed by atoms with van der Waals surface area (Å²) in [5, 5.41) is 11.0. The lowest BCUT2D eigenvalue weighted by molar-refractivity contribution is -0.148. The number of halogens is 1. The van der Waals surface area contributed by atoms with Crippen molar-refractivity contribution in [2.45, 2.75) is 51.0 Å². The zero-order chi connectivity index (χ0) is 25.2. The number of benzene rings is 1. The van der Waals surface area contributed by atoms with Gasteiger partial charge in [-0.2, -0.15) is 0 Å². The lowest BCUT2D eigenvalue weighted by atomic mass is 9.82. The van der Waals surface area contributed by atoms with Gasteiger partial charge in [0.2, 0.25) is 0 Å². The molecule has 1 unspecified atom stereocenters. The second-order valence-electron chi connectivity index (χ2n) is 10.3. The van der Waals surface area contributed by atoms with Crippen molar-refractivity contribution in [2.24, 2.45) is 5.41 Å². The molecule has 6 nitrogen and oxygen atoms in total. The van der Waals surface area contributed by atoms with Crippen LogP contribution in [-0.4, -0.2) is 34.1 Å². The van der Waals surface area contributed by atoms with Crippen LogP contribution in [0.25, 0.3) is 11.3 Å². The van der Waals surface area contributed by atoms with Crippen LogP contribution in [0.5, 0.6) is 0 Å². The first kappa shape index (κ1) is 25.3. The summed E-state index contributed by atoms with van der Waals surface area (Å²) in [5.41, 5.74) is 2.14. The highest BCUT2D eigenvalue weighted by atomic mass is 35.5. The minimum atomic E-state index is -0.757. The number of rotatable bonds is 6. The summed E-state index contributed by atoms with van der Waals surface area (Å²) < 4.78 is 3.29. The van der Waals surface area contributed by atoms with Gasteiger partial charge in [0, 0.05) is 30.6 Å². The molecule has 1 aliphatic rings. The largest absolute Gasteiger partial charge is 0.481 e. The van der Waals surface area contributed by atoms with Crippen LogP contribution in [0.2, 0.25) is 5.02 Å². The number of hydrogen-bond acceptors (Lipinski definition) is 6. The molecule has 0 bridgehead atoms. The number of pyridine rings is 2. The number of aliphatic carboxylic acids is 1. The summed E-state index contributed by atoms with van der Waals surface area (Å²) >= 11 is 7.93. The smallest absolute Gasteiger partial charge is 0.311 e. The van der Waals surface area contributed by atoms with E-state index in [0.29, 0.717) is 23.8 Å². The molecule has 0 saturated carbocycles. The SMILES string of the molecule is CC1(C(=O)O)CCCN(c2cccc(SNc3ccc(Cl)c(-c4ccccc4C(C)(C)C)n3)n2)C1. The van der Waals surface area contributed by atoms with Crippen LogP contribution in [0.15, 0.2) is 59.6 Å². The predicted octanol–water partition coefficient (Wildman–Crippen LogP) is 6.90. The van der Waals surface area contributed by atoms with Gasteiger partial charge in [-0.1, -0.05) is 62.7 Å². The lowest BCUT2D eigenvalue weighted by Gasteiger charge is -2.38. The molecule has 184 valence electrons. The third-order valence-corrected chi connectivity index (χ3v) is 7.39. The molecule has 4 rings (SSSR count). The van der Waals surface area contributed by atoms with E-state index in [0.717, 1.165) is 35.1 Å². The molecule has 1 atom stereocenters. The summed E-state index contributed by atoms with van der Waals surface area (Å²) in [6, 6.07) is 17.7. The fourth-order valence-electron chi connectivity index (χ4n) is 4.38. The van der Waals surface area contributed by atoms with Gasteiger partial charge in [-0.3, -0.25) is 4.79 Å². The molecule has 1 aromatic carbocycles. The molecule has 3 aromatic rings. The fraction of sp³-hybridized carbons (Fsp3) is 0.370. The Morgan fingerprint density at radius 3 is 2.63 bits per heavy atom. The monoisotopic (exact) mass is 510 g/mol. The Morgan fingerprint density at radius 1 is 1.11 bits per heavy atom. The van der Waals surface area contributed by atoms with E-state index in [2.05, 4.69) is 42.5 Å². The van der Waals surface area contributed by atoms with Crippen LogP contribution in [0.4, 0.5) is 11.6 Å². The quantitative estimate of drug-likeness (QED) is 0.349. The number of nitrogens with one attached hydrogen (secondary N) is 1. The Kier molecular flexibility index (Phi) is 7.29. The van der Waals surface area contributed by atoms with Gasteiger partial charge < -0.3 is 14.7 Å². The Balaban J connectivity index is 1.53. The fourth-order valence-corrected chi connectivity index (χ4v) is 5.20. The van der Waals surface area contributed by atoms with E-state index in [9.17, 15) is 9.90 Å². The van der Waals surface area contributed by atoms with E-state index in [1.165, 1.54) is 17.5 Å². The molecular weight excluding hydrogens is 480 g/mol. The van der Waals surface area contributed by atoms with Crippen molar-refractivity contribution in [3.05, 3.63) is 65.2 Å². The van der Waals surface area contributed by atoms with Gasteiger partial charge in [-0.25, -0.2) is 9.97 Å². The molecule has 2 N–H and O–H groups in total. The van der Waals surface area contributed by atoms with Crippen LogP contribution in [0, 0.1) is 5.41 Å². The van der Waals surface area contributed by atoms with Crippen LogP contribution in [0.3, 0.4) is 0 Å². The molecule has 0 amide bonds. The van der Waals surface area contributed by atoms with Crippen molar-refractivity contribution in [3.63, 3.8) is 0 Å². The molecule has 0 spiro atoms. The van der Waals surface area contributed by atoms with Gasteiger partial charge in [0.15, 0.2) is 0 Å². The zero-order valence-electron chi connectivity index (χ0n) is 20.5. The Labute approximate surface area is 216 Å². The number of nitrogens with zero attached hydrogens (tertiary/aromatic N) is 3. The number of piperidine rings is 1. The first-order chi connectivity index (χ1) is 16.6. The first-order valence-corrected chi connectivity index (χ1v) is 12.9. The van der Waals surface area contributed by atoms with Crippen molar-refractivity contribution in [1.29, 1.82) is 0 Å². The average Bonchev–Trinajstić information content (AvgIpc) is 2.83. The molecule has 35 heavy (non-hydrogen) atoms. The van der Waals surface area contributed by atoms with Crippen molar-refractivity contribution in [2.75, 3.05) is 22.7 Å². The highest BCUT2D eigenvalue weighted by molar-refractivity contribution is 8.00. The van der Waals surface area contributed by atoms with Crippen molar-refractivity contribution in [3.8, 4) is 11.3 Å². The second kappa shape index (κ2) is 10.1. The number of aromatic nitrogens is 2. The molecule has 1 aliphatic heterocycles.